The summed E-state index contributed by atoms with van der Waals surface area (Å²) in [4.78, 5) is 0. The Morgan fingerprint density at radius 2 is 2.13 bits per heavy atom. The third kappa shape index (κ3) is 1.81. The van der Waals surface area contributed by atoms with E-state index >= 15 is 0 Å². The fraction of sp³-hybridized carbons (Fsp3) is 0.400. The highest BCUT2D eigenvalue weighted by atomic mass is 79.9. The molecule has 1 aromatic carbocycles. The number of benzene rings is 1. The Morgan fingerprint density at radius 1 is 1.40 bits per heavy atom. The third-order valence-corrected chi connectivity index (χ3v) is 3.38. The molecule has 0 saturated carbocycles. The van der Waals surface area contributed by atoms with Crippen LogP contribution in [0.2, 0.25) is 0 Å². The van der Waals surface area contributed by atoms with Crippen LogP contribution in [0.15, 0.2) is 10.5 Å². The van der Waals surface area contributed by atoms with Gasteiger partial charge in [0.25, 0.3) is 0 Å². The molecule has 5 heteroatoms. The number of hydrogen-bond acceptors (Lipinski definition) is 3. The summed E-state index contributed by atoms with van der Waals surface area (Å²) in [6.45, 7) is 0.865. The van der Waals surface area contributed by atoms with E-state index in [2.05, 4.69) is 21.2 Å². The second-order valence-electron chi connectivity index (χ2n) is 3.61. The Morgan fingerprint density at radius 3 is 2.73 bits per heavy atom. The lowest BCUT2D eigenvalue weighted by Crippen LogP contribution is -2.13. The molecule has 1 saturated heterocycles. The fourth-order valence-electron chi connectivity index (χ4n) is 1.83. The van der Waals surface area contributed by atoms with Gasteiger partial charge in [0.05, 0.1) is 0 Å². The van der Waals surface area contributed by atoms with Gasteiger partial charge >= 0.3 is 0 Å². The number of rotatable bonds is 1. The zero-order chi connectivity index (χ0) is 11.0. The van der Waals surface area contributed by atoms with Gasteiger partial charge in [-0.05, 0) is 41.4 Å². The fourth-order valence-corrected chi connectivity index (χ4v) is 2.25. The highest BCUT2D eigenvalue weighted by molar-refractivity contribution is 9.10. The minimum Gasteiger partial charge on any atom is -0.506 e. The molecule has 1 unspecified atom stereocenters. The molecule has 1 atom stereocenters. The van der Waals surface area contributed by atoms with Crippen LogP contribution in [0.4, 0.5) is 4.39 Å². The molecule has 1 fully saturated rings. The number of aromatic hydroxyl groups is 2. The molecule has 0 bridgehead atoms. The van der Waals surface area contributed by atoms with Gasteiger partial charge in [-0.3, -0.25) is 0 Å². The first-order valence-corrected chi connectivity index (χ1v) is 5.53. The summed E-state index contributed by atoms with van der Waals surface area (Å²) in [5, 5.41) is 22.2. The Kier molecular flexibility index (Phi) is 2.84. The summed E-state index contributed by atoms with van der Waals surface area (Å²) in [6.07, 6.45) is 1.87. The van der Waals surface area contributed by atoms with Crippen molar-refractivity contribution in [2.24, 2.45) is 0 Å². The highest BCUT2D eigenvalue weighted by Crippen LogP contribution is 2.41. The maximum absolute atomic E-state index is 13.3. The topological polar surface area (TPSA) is 52.5 Å². The molecule has 1 aromatic rings. The lowest BCUT2D eigenvalue weighted by atomic mass is 10.0. The predicted molar refractivity (Wildman–Crippen MR) is 57.4 cm³/mol. The van der Waals surface area contributed by atoms with E-state index in [0.717, 1.165) is 19.4 Å². The van der Waals surface area contributed by atoms with Crippen LogP contribution in [-0.4, -0.2) is 16.8 Å². The second kappa shape index (κ2) is 3.98. The summed E-state index contributed by atoms with van der Waals surface area (Å²) in [7, 11) is 0. The molecule has 1 aliphatic heterocycles. The van der Waals surface area contributed by atoms with Gasteiger partial charge < -0.3 is 15.5 Å². The van der Waals surface area contributed by atoms with Crippen molar-refractivity contribution in [1.29, 1.82) is 0 Å². The van der Waals surface area contributed by atoms with Crippen molar-refractivity contribution in [3.05, 3.63) is 21.9 Å². The molecular formula is C10H11BrFNO2. The average Bonchev–Trinajstić information content (AvgIpc) is 2.73. The van der Waals surface area contributed by atoms with Crippen LogP contribution in [0, 0.1) is 5.82 Å². The van der Waals surface area contributed by atoms with E-state index in [1.807, 2.05) is 0 Å². The number of hydrogen-bond donors (Lipinski definition) is 3. The minimum atomic E-state index is -0.719. The zero-order valence-corrected chi connectivity index (χ0v) is 9.51. The van der Waals surface area contributed by atoms with E-state index < -0.39 is 11.6 Å². The molecule has 0 spiro atoms. The maximum Gasteiger partial charge on any atom is 0.169 e. The van der Waals surface area contributed by atoms with E-state index in [1.165, 1.54) is 6.07 Å². The molecule has 1 heterocycles. The first-order chi connectivity index (χ1) is 7.11. The van der Waals surface area contributed by atoms with Crippen molar-refractivity contribution in [3.8, 4) is 11.5 Å². The lowest BCUT2D eigenvalue weighted by molar-refractivity contribution is 0.406. The lowest BCUT2D eigenvalue weighted by Gasteiger charge is -2.14. The van der Waals surface area contributed by atoms with E-state index in [9.17, 15) is 14.6 Å². The zero-order valence-electron chi connectivity index (χ0n) is 7.93. The number of phenols is 2. The molecule has 3 N–H and O–H groups in total. The van der Waals surface area contributed by atoms with Crippen molar-refractivity contribution >= 4 is 15.9 Å². The molecule has 0 aliphatic carbocycles. The summed E-state index contributed by atoms with van der Waals surface area (Å²) in [6, 6.07) is 1.15. The van der Waals surface area contributed by atoms with Crippen LogP contribution < -0.4 is 5.32 Å². The Hall–Kier alpha value is -0.810. The molecule has 2 rings (SSSR count). The Balaban J connectivity index is 2.47. The Labute approximate surface area is 95.1 Å². The number of nitrogens with one attached hydrogen (secondary N) is 1. The van der Waals surface area contributed by atoms with Gasteiger partial charge in [-0.25, -0.2) is 4.39 Å². The van der Waals surface area contributed by atoms with Crippen LogP contribution in [0.3, 0.4) is 0 Å². The molecule has 15 heavy (non-hydrogen) atoms. The van der Waals surface area contributed by atoms with Crippen molar-refractivity contribution in [2.75, 3.05) is 6.54 Å². The van der Waals surface area contributed by atoms with E-state index in [-0.39, 0.29) is 16.3 Å². The molecule has 0 aromatic heterocycles. The quantitative estimate of drug-likeness (QED) is 0.738. The predicted octanol–water partition coefficient (Wildman–Crippen LogP) is 2.42. The first kappa shape index (κ1) is 10.7. The molecule has 0 radical (unpaired) electrons. The van der Waals surface area contributed by atoms with Gasteiger partial charge in [-0.15, -0.1) is 0 Å². The largest absolute Gasteiger partial charge is 0.506 e. The van der Waals surface area contributed by atoms with Gasteiger partial charge in [-0.2, -0.15) is 0 Å². The summed E-state index contributed by atoms with van der Waals surface area (Å²) in [5.41, 5.74) is 0.495. The van der Waals surface area contributed by atoms with Crippen LogP contribution in [0.1, 0.15) is 24.4 Å². The summed E-state index contributed by atoms with van der Waals surface area (Å²) < 4.78 is 13.3. The second-order valence-corrected chi connectivity index (χ2v) is 4.40. The van der Waals surface area contributed by atoms with Crippen molar-refractivity contribution in [1.82, 2.24) is 5.32 Å². The normalized spacial score (nSPS) is 20.8. The van der Waals surface area contributed by atoms with Crippen LogP contribution in [0.5, 0.6) is 11.5 Å². The minimum absolute atomic E-state index is 0.0196. The standard InChI is InChI=1S/C10H11BrFNO2/c11-8-9(14)5(4-6(12)10(8)15)7-2-1-3-13-7/h4,7,13-15H,1-3H2. The van der Waals surface area contributed by atoms with Gasteiger partial charge in [0, 0.05) is 11.6 Å². The number of phenolic OH excluding ortho intramolecular Hbond substituents is 2. The summed E-state index contributed by atoms with van der Waals surface area (Å²) >= 11 is 2.96. The van der Waals surface area contributed by atoms with E-state index in [1.54, 1.807) is 0 Å². The smallest absolute Gasteiger partial charge is 0.169 e. The van der Waals surface area contributed by atoms with Crippen LogP contribution in [0.25, 0.3) is 0 Å². The molecule has 3 nitrogen and oxygen atoms in total. The maximum atomic E-state index is 13.3. The van der Waals surface area contributed by atoms with Crippen LogP contribution in [-0.2, 0) is 0 Å². The van der Waals surface area contributed by atoms with Gasteiger partial charge in [0.1, 0.15) is 10.2 Å². The summed E-state index contributed by atoms with van der Waals surface area (Å²) in [5.74, 6) is -1.36. The molecular weight excluding hydrogens is 265 g/mol. The monoisotopic (exact) mass is 275 g/mol. The van der Waals surface area contributed by atoms with E-state index in [0.29, 0.717) is 5.56 Å². The van der Waals surface area contributed by atoms with Gasteiger partial charge in [-0.1, -0.05) is 0 Å². The van der Waals surface area contributed by atoms with Gasteiger partial charge in [0.2, 0.25) is 0 Å². The van der Waals surface area contributed by atoms with E-state index in [4.69, 9.17) is 0 Å². The average molecular weight is 276 g/mol. The van der Waals surface area contributed by atoms with Crippen LogP contribution >= 0.6 is 15.9 Å². The van der Waals surface area contributed by atoms with Gasteiger partial charge in [0.15, 0.2) is 11.6 Å². The third-order valence-electron chi connectivity index (χ3n) is 2.63. The SMILES string of the molecule is Oc1c(F)cc(C2CCCN2)c(O)c1Br. The molecule has 1 aliphatic rings. The molecule has 82 valence electrons. The van der Waals surface area contributed by atoms with Crippen molar-refractivity contribution in [3.63, 3.8) is 0 Å². The van der Waals surface area contributed by atoms with Crippen molar-refractivity contribution < 1.29 is 14.6 Å². The highest BCUT2D eigenvalue weighted by Gasteiger charge is 2.23. The van der Waals surface area contributed by atoms with Crippen molar-refractivity contribution in [2.45, 2.75) is 18.9 Å². The first-order valence-electron chi connectivity index (χ1n) is 4.74. The molecule has 0 amide bonds. The Bertz CT molecular complexity index is 391. The number of halogens is 2.